The Kier molecular flexibility index (Phi) is 3.97. The van der Waals surface area contributed by atoms with Crippen molar-refractivity contribution >= 4 is 0 Å². The Bertz CT molecular complexity index is 310. The molecule has 1 aromatic carbocycles. The van der Waals surface area contributed by atoms with Crippen molar-refractivity contribution in [1.29, 1.82) is 0 Å². The zero-order valence-corrected chi connectivity index (χ0v) is 10.1. The Balaban J connectivity index is 1.94. The van der Waals surface area contributed by atoms with E-state index in [1.807, 2.05) is 6.07 Å². The Morgan fingerprint density at radius 1 is 1.38 bits per heavy atom. The van der Waals surface area contributed by atoms with Crippen molar-refractivity contribution in [1.82, 2.24) is 4.90 Å². The summed E-state index contributed by atoms with van der Waals surface area (Å²) in [5.74, 6) is 0. The molecule has 16 heavy (non-hydrogen) atoms. The molecule has 2 nitrogen and oxygen atoms in total. The third kappa shape index (κ3) is 2.63. The zero-order chi connectivity index (χ0) is 11.4. The predicted molar refractivity (Wildman–Crippen MR) is 68.3 cm³/mol. The van der Waals surface area contributed by atoms with Gasteiger partial charge in [0.25, 0.3) is 0 Å². The summed E-state index contributed by atoms with van der Waals surface area (Å²) in [6.45, 7) is 4.50. The molecule has 0 amide bonds. The maximum atomic E-state index is 6.25. The van der Waals surface area contributed by atoms with Crippen LogP contribution in [0.4, 0.5) is 0 Å². The van der Waals surface area contributed by atoms with E-state index in [0.717, 1.165) is 12.6 Å². The van der Waals surface area contributed by atoms with Crippen LogP contribution in [-0.2, 0) is 0 Å². The summed E-state index contributed by atoms with van der Waals surface area (Å²) in [7, 11) is 0. The van der Waals surface area contributed by atoms with Gasteiger partial charge in [-0.3, -0.25) is 4.90 Å². The summed E-state index contributed by atoms with van der Waals surface area (Å²) in [5.41, 5.74) is 7.50. The number of nitrogens with two attached hydrogens (primary N) is 1. The fraction of sp³-hybridized carbons (Fsp3) is 0.571. The van der Waals surface area contributed by atoms with Crippen molar-refractivity contribution < 1.29 is 0 Å². The van der Waals surface area contributed by atoms with Gasteiger partial charge in [0, 0.05) is 18.6 Å². The molecule has 0 bridgehead atoms. The van der Waals surface area contributed by atoms with Crippen molar-refractivity contribution in [3.63, 3.8) is 0 Å². The van der Waals surface area contributed by atoms with Gasteiger partial charge < -0.3 is 5.73 Å². The highest BCUT2D eigenvalue weighted by Crippen LogP contribution is 2.22. The Morgan fingerprint density at radius 3 is 2.81 bits per heavy atom. The SMILES string of the molecule is CCC1CCCN1C[C@@H](N)c1ccccc1. The van der Waals surface area contributed by atoms with E-state index in [0.29, 0.717) is 0 Å². The van der Waals surface area contributed by atoms with Gasteiger partial charge in [0.1, 0.15) is 0 Å². The third-order valence-corrected chi connectivity index (χ3v) is 3.63. The average molecular weight is 218 g/mol. The number of rotatable bonds is 4. The van der Waals surface area contributed by atoms with Gasteiger partial charge in [0.05, 0.1) is 0 Å². The van der Waals surface area contributed by atoms with E-state index in [4.69, 9.17) is 5.73 Å². The molecule has 2 atom stereocenters. The molecule has 0 radical (unpaired) electrons. The molecule has 2 N–H and O–H groups in total. The number of nitrogens with zero attached hydrogens (tertiary/aromatic N) is 1. The van der Waals surface area contributed by atoms with Crippen LogP contribution in [0.25, 0.3) is 0 Å². The quantitative estimate of drug-likeness (QED) is 0.841. The minimum absolute atomic E-state index is 0.161. The van der Waals surface area contributed by atoms with Gasteiger partial charge in [-0.2, -0.15) is 0 Å². The highest BCUT2D eigenvalue weighted by atomic mass is 15.2. The lowest BCUT2D eigenvalue weighted by molar-refractivity contribution is 0.234. The van der Waals surface area contributed by atoms with Crippen molar-refractivity contribution in [2.45, 2.75) is 38.3 Å². The molecule has 0 aromatic heterocycles. The van der Waals surface area contributed by atoms with Gasteiger partial charge in [-0.1, -0.05) is 37.3 Å². The van der Waals surface area contributed by atoms with Crippen molar-refractivity contribution in [2.24, 2.45) is 5.73 Å². The first-order valence-corrected chi connectivity index (χ1v) is 6.36. The Morgan fingerprint density at radius 2 is 2.12 bits per heavy atom. The molecule has 1 saturated heterocycles. The summed E-state index contributed by atoms with van der Waals surface area (Å²) >= 11 is 0. The molecule has 88 valence electrons. The van der Waals surface area contributed by atoms with E-state index >= 15 is 0 Å². The molecular weight excluding hydrogens is 196 g/mol. The molecule has 1 aliphatic heterocycles. The van der Waals surface area contributed by atoms with E-state index in [1.54, 1.807) is 0 Å². The van der Waals surface area contributed by atoms with Crippen LogP contribution in [0.2, 0.25) is 0 Å². The maximum absolute atomic E-state index is 6.25. The first kappa shape index (κ1) is 11.6. The van der Waals surface area contributed by atoms with Crippen LogP contribution >= 0.6 is 0 Å². The van der Waals surface area contributed by atoms with Gasteiger partial charge in [0.15, 0.2) is 0 Å². The fourth-order valence-electron chi connectivity index (χ4n) is 2.66. The topological polar surface area (TPSA) is 29.3 Å². The number of likely N-dealkylation sites (tertiary alicyclic amines) is 1. The van der Waals surface area contributed by atoms with Crippen LogP contribution in [0, 0.1) is 0 Å². The van der Waals surface area contributed by atoms with Crippen LogP contribution in [0.3, 0.4) is 0 Å². The molecule has 1 unspecified atom stereocenters. The molecule has 2 heteroatoms. The summed E-state index contributed by atoms with van der Waals surface area (Å²) in [4.78, 5) is 2.55. The lowest BCUT2D eigenvalue weighted by Crippen LogP contribution is -2.35. The lowest BCUT2D eigenvalue weighted by atomic mass is 10.1. The van der Waals surface area contributed by atoms with Crippen LogP contribution in [0.15, 0.2) is 30.3 Å². The first-order valence-electron chi connectivity index (χ1n) is 6.36. The molecule has 1 fully saturated rings. The second kappa shape index (κ2) is 5.46. The monoisotopic (exact) mass is 218 g/mol. The van der Waals surface area contributed by atoms with Crippen molar-refractivity contribution in [2.75, 3.05) is 13.1 Å². The van der Waals surface area contributed by atoms with E-state index in [2.05, 4.69) is 36.1 Å². The smallest absolute Gasteiger partial charge is 0.0424 e. The fourth-order valence-corrected chi connectivity index (χ4v) is 2.66. The van der Waals surface area contributed by atoms with Crippen molar-refractivity contribution in [3.05, 3.63) is 35.9 Å². The maximum Gasteiger partial charge on any atom is 0.0424 e. The van der Waals surface area contributed by atoms with Gasteiger partial charge in [-0.15, -0.1) is 0 Å². The number of benzene rings is 1. The minimum Gasteiger partial charge on any atom is -0.323 e. The standard InChI is InChI=1S/C14H22N2/c1-2-13-9-6-10-16(13)11-14(15)12-7-4-3-5-8-12/h3-5,7-8,13-14H,2,6,9-11,15H2,1H3/t13?,14-/m1/s1. The van der Waals surface area contributed by atoms with E-state index in [1.165, 1.54) is 31.4 Å². The van der Waals surface area contributed by atoms with E-state index in [-0.39, 0.29) is 6.04 Å². The van der Waals surface area contributed by atoms with Gasteiger partial charge in [-0.05, 0) is 31.4 Å². The summed E-state index contributed by atoms with van der Waals surface area (Å²) in [5, 5.41) is 0. The van der Waals surface area contributed by atoms with Crippen LogP contribution in [-0.4, -0.2) is 24.0 Å². The molecule has 1 aliphatic rings. The number of hydrogen-bond donors (Lipinski definition) is 1. The summed E-state index contributed by atoms with van der Waals surface area (Å²) in [6, 6.07) is 11.3. The Hall–Kier alpha value is -0.860. The summed E-state index contributed by atoms with van der Waals surface area (Å²) < 4.78 is 0. The lowest BCUT2D eigenvalue weighted by Gasteiger charge is -2.26. The van der Waals surface area contributed by atoms with Gasteiger partial charge in [-0.25, -0.2) is 0 Å². The van der Waals surface area contributed by atoms with Crippen LogP contribution in [0.1, 0.15) is 37.8 Å². The first-order chi connectivity index (χ1) is 7.81. The molecule has 0 aliphatic carbocycles. The molecule has 1 aromatic rings. The second-order valence-corrected chi connectivity index (χ2v) is 4.72. The third-order valence-electron chi connectivity index (χ3n) is 3.63. The second-order valence-electron chi connectivity index (χ2n) is 4.72. The van der Waals surface area contributed by atoms with Crippen LogP contribution < -0.4 is 5.73 Å². The van der Waals surface area contributed by atoms with Crippen LogP contribution in [0.5, 0.6) is 0 Å². The molecular formula is C14H22N2. The van der Waals surface area contributed by atoms with Gasteiger partial charge in [0.2, 0.25) is 0 Å². The minimum atomic E-state index is 0.161. The Labute approximate surface area is 98.4 Å². The highest BCUT2D eigenvalue weighted by molar-refractivity contribution is 5.18. The molecule has 2 rings (SSSR count). The number of hydrogen-bond acceptors (Lipinski definition) is 2. The highest BCUT2D eigenvalue weighted by Gasteiger charge is 2.24. The largest absolute Gasteiger partial charge is 0.323 e. The normalized spacial score (nSPS) is 23.5. The molecule has 1 heterocycles. The summed E-state index contributed by atoms with van der Waals surface area (Å²) in [6.07, 6.45) is 3.93. The van der Waals surface area contributed by atoms with Gasteiger partial charge >= 0.3 is 0 Å². The molecule has 0 spiro atoms. The van der Waals surface area contributed by atoms with E-state index in [9.17, 15) is 0 Å². The van der Waals surface area contributed by atoms with Crippen molar-refractivity contribution in [3.8, 4) is 0 Å². The molecule has 0 saturated carbocycles. The average Bonchev–Trinajstić information content (AvgIpc) is 2.77. The zero-order valence-electron chi connectivity index (χ0n) is 10.1. The predicted octanol–water partition coefficient (Wildman–Crippen LogP) is 2.56. The van der Waals surface area contributed by atoms with E-state index < -0.39 is 0 Å².